The molecule has 0 saturated heterocycles. The van der Waals surface area contributed by atoms with Gasteiger partial charge >= 0.3 is 5.97 Å². The van der Waals surface area contributed by atoms with Crippen LogP contribution in [-0.2, 0) is 24.8 Å². The lowest BCUT2D eigenvalue weighted by molar-refractivity contribution is -0.136. The van der Waals surface area contributed by atoms with Crippen molar-refractivity contribution in [2.45, 2.75) is 26.0 Å². The van der Waals surface area contributed by atoms with E-state index in [1.54, 1.807) is 13.1 Å². The van der Waals surface area contributed by atoms with E-state index < -0.39 is 17.9 Å². The van der Waals surface area contributed by atoms with Crippen molar-refractivity contribution < 1.29 is 19.4 Å². The Kier molecular flexibility index (Phi) is 4.53. The quantitative estimate of drug-likeness (QED) is 0.887. The van der Waals surface area contributed by atoms with Crippen LogP contribution >= 0.6 is 0 Å². The van der Waals surface area contributed by atoms with Crippen LogP contribution in [0.5, 0.6) is 0 Å². The minimum absolute atomic E-state index is 0.134. The summed E-state index contributed by atoms with van der Waals surface area (Å²) in [5.41, 5.74) is 2.32. The lowest BCUT2D eigenvalue weighted by Crippen LogP contribution is -2.15. The van der Waals surface area contributed by atoms with E-state index in [1.807, 2.05) is 23.6 Å². The Balaban J connectivity index is 2.77. The molecule has 0 saturated carbocycles. The van der Waals surface area contributed by atoms with E-state index in [4.69, 9.17) is 0 Å². The zero-order valence-corrected chi connectivity index (χ0v) is 13.2. The van der Waals surface area contributed by atoms with Gasteiger partial charge in [0, 0.05) is 30.2 Å². The summed E-state index contributed by atoms with van der Waals surface area (Å²) in [4.78, 5) is 13.1. The van der Waals surface area contributed by atoms with Crippen molar-refractivity contribution in [1.29, 1.82) is 0 Å². The highest BCUT2D eigenvalue weighted by atomic mass is 19.1. The fourth-order valence-corrected chi connectivity index (χ4v) is 2.77. The molecule has 0 radical (unpaired) electrons. The van der Waals surface area contributed by atoms with Crippen LogP contribution in [-0.4, -0.2) is 39.7 Å². The van der Waals surface area contributed by atoms with E-state index in [2.05, 4.69) is 0 Å². The Hall–Kier alpha value is -1.92. The second-order valence-corrected chi connectivity index (χ2v) is 5.86. The molecule has 1 heterocycles. The van der Waals surface area contributed by atoms with Crippen LogP contribution in [0.25, 0.3) is 10.9 Å². The highest BCUT2D eigenvalue weighted by molar-refractivity contribution is 5.89. The molecule has 0 aliphatic rings. The van der Waals surface area contributed by atoms with Crippen LogP contribution in [0.1, 0.15) is 29.8 Å². The maximum Gasteiger partial charge on any atom is 0.307 e. The lowest BCUT2D eigenvalue weighted by Gasteiger charge is -2.12. The number of aryl methyl sites for hydroxylation is 1. The first-order chi connectivity index (χ1) is 10.2. The van der Waals surface area contributed by atoms with Gasteiger partial charge in [-0.1, -0.05) is 0 Å². The van der Waals surface area contributed by atoms with Crippen molar-refractivity contribution in [1.82, 2.24) is 9.47 Å². The number of carboxylic acid groups (broad SMARTS) is 1. The average molecular weight is 308 g/mol. The number of aliphatic hydroxyl groups is 1. The van der Waals surface area contributed by atoms with Gasteiger partial charge in [0.2, 0.25) is 0 Å². The summed E-state index contributed by atoms with van der Waals surface area (Å²) in [6, 6.07) is 2.93. The number of aliphatic hydroxyl groups excluding tert-OH is 1. The first kappa shape index (κ1) is 16.5. The Morgan fingerprint density at radius 3 is 2.55 bits per heavy atom. The van der Waals surface area contributed by atoms with Gasteiger partial charge in [-0.25, -0.2) is 4.39 Å². The third-order valence-corrected chi connectivity index (χ3v) is 3.80. The first-order valence-electron chi connectivity index (χ1n) is 7.06. The smallest absolute Gasteiger partial charge is 0.307 e. The molecular weight excluding hydrogens is 287 g/mol. The number of halogens is 1. The maximum absolute atomic E-state index is 14.1. The molecule has 0 bridgehead atoms. The van der Waals surface area contributed by atoms with E-state index in [0.29, 0.717) is 23.0 Å². The molecule has 1 atom stereocenters. The number of fused-ring (bicyclic) bond motifs is 1. The molecule has 0 spiro atoms. The maximum atomic E-state index is 14.1. The fourth-order valence-electron chi connectivity index (χ4n) is 2.77. The Morgan fingerprint density at radius 2 is 2.05 bits per heavy atom. The third kappa shape index (κ3) is 2.98. The topological polar surface area (TPSA) is 65.7 Å². The van der Waals surface area contributed by atoms with E-state index in [0.717, 1.165) is 5.69 Å². The van der Waals surface area contributed by atoms with Gasteiger partial charge < -0.3 is 19.7 Å². The predicted molar refractivity (Wildman–Crippen MR) is 82.2 cm³/mol. The number of hydrogen-bond donors (Lipinski definition) is 2. The van der Waals surface area contributed by atoms with Crippen LogP contribution < -0.4 is 0 Å². The van der Waals surface area contributed by atoms with E-state index in [-0.39, 0.29) is 12.0 Å². The molecule has 0 aliphatic heterocycles. The molecule has 1 aromatic carbocycles. The van der Waals surface area contributed by atoms with Crippen molar-refractivity contribution in [3.8, 4) is 0 Å². The molecule has 1 unspecified atom stereocenters. The summed E-state index contributed by atoms with van der Waals surface area (Å²) >= 11 is 0. The number of carboxylic acids is 1. The number of nitrogens with zero attached hydrogens (tertiary/aromatic N) is 2. The van der Waals surface area contributed by atoms with Crippen molar-refractivity contribution in [2.24, 2.45) is 7.05 Å². The number of aromatic nitrogens is 1. The van der Waals surface area contributed by atoms with Crippen LogP contribution in [0, 0.1) is 5.82 Å². The lowest BCUT2D eigenvalue weighted by atomic mass is 10.0. The van der Waals surface area contributed by atoms with E-state index in [9.17, 15) is 19.4 Å². The van der Waals surface area contributed by atoms with Crippen molar-refractivity contribution >= 4 is 16.9 Å². The minimum atomic E-state index is -0.945. The van der Waals surface area contributed by atoms with Crippen LogP contribution in [0.3, 0.4) is 0 Å². The third-order valence-electron chi connectivity index (χ3n) is 3.80. The van der Waals surface area contributed by atoms with Crippen molar-refractivity contribution in [3.05, 3.63) is 34.8 Å². The predicted octanol–water partition coefficient (Wildman–Crippen LogP) is 2.06. The molecule has 22 heavy (non-hydrogen) atoms. The number of aliphatic carboxylic acids is 1. The fraction of sp³-hybridized carbons (Fsp3) is 0.438. The monoisotopic (exact) mass is 308 g/mol. The number of carbonyl (C=O) groups is 1. The SMILES string of the molecule is CC(O)c1cc2c(CC(=O)O)c(CN(C)C)n(C)c2cc1F. The summed E-state index contributed by atoms with van der Waals surface area (Å²) in [5.74, 6) is -1.42. The second kappa shape index (κ2) is 6.06. The standard InChI is InChI=1S/C16H21FN2O3/c1-9(20)10-5-11-12(6-16(21)22)15(8-18(2)3)19(4)14(11)7-13(10)17/h5,7,9,20H,6,8H2,1-4H3,(H,21,22). The van der Waals surface area contributed by atoms with Crippen LogP contribution in [0.2, 0.25) is 0 Å². The van der Waals surface area contributed by atoms with Gasteiger partial charge in [-0.15, -0.1) is 0 Å². The molecule has 5 nitrogen and oxygen atoms in total. The summed E-state index contributed by atoms with van der Waals surface area (Å²) in [6.45, 7) is 2.05. The van der Waals surface area contributed by atoms with E-state index >= 15 is 0 Å². The molecule has 0 fully saturated rings. The zero-order valence-electron chi connectivity index (χ0n) is 13.2. The Bertz CT molecular complexity index is 720. The van der Waals surface area contributed by atoms with Crippen molar-refractivity contribution in [3.63, 3.8) is 0 Å². The highest BCUT2D eigenvalue weighted by Gasteiger charge is 2.21. The molecule has 2 aromatic rings. The molecule has 2 N–H and O–H groups in total. The number of hydrogen-bond acceptors (Lipinski definition) is 3. The summed E-state index contributed by atoms with van der Waals surface area (Å²) in [5, 5.41) is 19.5. The normalized spacial score (nSPS) is 13.0. The summed E-state index contributed by atoms with van der Waals surface area (Å²) in [6.07, 6.45) is -1.08. The molecular formula is C16H21FN2O3. The van der Waals surface area contributed by atoms with E-state index in [1.165, 1.54) is 13.0 Å². The largest absolute Gasteiger partial charge is 0.481 e. The number of rotatable bonds is 5. The molecule has 0 aliphatic carbocycles. The van der Waals surface area contributed by atoms with Crippen LogP contribution in [0.15, 0.2) is 12.1 Å². The van der Waals surface area contributed by atoms with Gasteiger partial charge in [0.1, 0.15) is 5.82 Å². The van der Waals surface area contributed by atoms with Gasteiger partial charge in [-0.05, 0) is 38.7 Å². The Morgan fingerprint density at radius 1 is 1.41 bits per heavy atom. The molecule has 6 heteroatoms. The van der Waals surface area contributed by atoms with Gasteiger partial charge in [0.25, 0.3) is 0 Å². The molecule has 1 aromatic heterocycles. The van der Waals surface area contributed by atoms with Gasteiger partial charge in [0.15, 0.2) is 0 Å². The molecule has 2 rings (SSSR count). The van der Waals surface area contributed by atoms with Crippen molar-refractivity contribution in [2.75, 3.05) is 14.1 Å². The first-order valence-corrected chi connectivity index (χ1v) is 7.06. The number of benzene rings is 1. The highest BCUT2D eigenvalue weighted by Crippen LogP contribution is 2.31. The summed E-state index contributed by atoms with van der Waals surface area (Å²) in [7, 11) is 5.59. The molecule has 0 amide bonds. The van der Waals surface area contributed by atoms with Gasteiger partial charge in [0.05, 0.1) is 18.0 Å². The molecule has 120 valence electrons. The van der Waals surface area contributed by atoms with Crippen LogP contribution in [0.4, 0.5) is 4.39 Å². The average Bonchev–Trinajstić information content (AvgIpc) is 2.62. The minimum Gasteiger partial charge on any atom is -0.481 e. The Labute approximate surface area is 128 Å². The summed E-state index contributed by atoms with van der Waals surface area (Å²) < 4.78 is 15.9. The zero-order chi connectivity index (χ0) is 16.6. The second-order valence-electron chi connectivity index (χ2n) is 5.86. The van der Waals surface area contributed by atoms with Gasteiger partial charge in [-0.2, -0.15) is 0 Å². The van der Waals surface area contributed by atoms with Gasteiger partial charge in [-0.3, -0.25) is 4.79 Å².